The number of halogens is 2. The van der Waals surface area contributed by atoms with E-state index in [0.717, 1.165) is 4.90 Å². The van der Waals surface area contributed by atoms with Crippen molar-refractivity contribution in [3.63, 3.8) is 0 Å². The van der Waals surface area contributed by atoms with Gasteiger partial charge in [0.05, 0.1) is 6.10 Å². The molecule has 1 aliphatic heterocycles. The number of amides is 1. The molecule has 0 radical (unpaired) electrons. The molecule has 7 heteroatoms. The van der Waals surface area contributed by atoms with Gasteiger partial charge in [0.25, 0.3) is 0 Å². The summed E-state index contributed by atoms with van der Waals surface area (Å²) < 4.78 is 0. The lowest BCUT2D eigenvalue weighted by Crippen LogP contribution is -2.39. The Hall–Kier alpha value is -1.56. The molecule has 0 spiro atoms. The van der Waals surface area contributed by atoms with Gasteiger partial charge < -0.3 is 15.1 Å². The first-order chi connectivity index (χ1) is 9.88. The molecule has 5 nitrogen and oxygen atoms in total. The maximum Gasteiger partial charge on any atom is 0.326 e. The van der Waals surface area contributed by atoms with Gasteiger partial charge in [-0.25, -0.2) is 4.79 Å². The van der Waals surface area contributed by atoms with E-state index >= 15 is 0 Å². The van der Waals surface area contributed by atoms with Crippen molar-refractivity contribution in [1.29, 1.82) is 0 Å². The van der Waals surface area contributed by atoms with Crippen LogP contribution in [0, 0.1) is 0 Å². The number of carboxylic acid groups (broad SMARTS) is 1. The van der Waals surface area contributed by atoms with E-state index in [4.69, 9.17) is 28.3 Å². The van der Waals surface area contributed by atoms with Gasteiger partial charge in [-0.2, -0.15) is 0 Å². The minimum atomic E-state index is -1.13. The van der Waals surface area contributed by atoms with Crippen LogP contribution in [0.25, 0.3) is 6.08 Å². The first-order valence-electron chi connectivity index (χ1n) is 6.23. The number of carbonyl (C=O) groups is 2. The van der Waals surface area contributed by atoms with Gasteiger partial charge in [0.15, 0.2) is 0 Å². The number of hydrogen-bond acceptors (Lipinski definition) is 3. The number of benzene rings is 1. The molecule has 1 heterocycles. The second-order valence-corrected chi connectivity index (χ2v) is 5.58. The molecule has 1 fully saturated rings. The number of aliphatic hydroxyl groups excluding tert-OH is 1. The van der Waals surface area contributed by atoms with Crippen LogP contribution in [0.3, 0.4) is 0 Å². The summed E-state index contributed by atoms with van der Waals surface area (Å²) in [6, 6.07) is 3.84. The maximum atomic E-state index is 12.1. The Bertz CT molecular complexity index is 603. The number of aliphatic carboxylic acids is 1. The smallest absolute Gasteiger partial charge is 0.326 e. The molecule has 21 heavy (non-hydrogen) atoms. The molecule has 1 unspecified atom stereocenters. The highest BCUT2D eigenvalue weighted by Crippen LogP contribution is 2.23. The molecule has 2 rings (SSSR count). The van der Waals surface area contributed by atoms with E-state index in [-0.39, 0.29) is 13.0 Å². The average molecular weight is 330 g/mol. The number of rotatable bonds is 3. The number of carboxylic acids is 1. The van der Waals surface area contributed by atoms with Crippen LogP contribution in [0.5, 0.6) is 0 Å². The summed E-state index contributed by atoms with van der Waals surface area (Å²) in [4.78, 5) is 24.2. The Balaban J connectivity index is 2.13. The van der Waals surface area contributed by atoms with Crippen LogP contribution in [-0.4, -0.2) is 45.7 Å². The van der Waals surface area contributed by atoms with Crippen molar-refractivity contribution >= 4 is 41.2 Å². The average Bonchev–Trinajstić information content (AvgIpc) is 2.80. The number of β-amino-alcohol motifs (C(OH)–C–C–N with tert-alkyl or cyclic N) is 1. The third kappa shape index (κ3) is 3.75. The van der Waals surface area contributed by atoms with E-state index in [0.29, 0.717) is 15.6 Å². The Morgan fingerprint density at radius 1 is 1.33 bits per heavy atom. The zero-order valence-corrected chi connectivity index (χ0v) is 12.4. The van der Waals surface area contributed by atoms with Gasteiger partial charge in [-0.15, -0.1) is 0 Å². The van der Waals surface area contributed by atoms with Crippen LogP contribution in [0.4, 0.5) is 0 Å². The summed E-state index contributed by atoms with van der Waals surface area (Å²) in [5.74, 6) is -1.61. The molecule has 0 aromatic heterocycles. The Kier molecular flexibility index (Phi) is 4.88. The molecular weight excluding hydrogens is 317 g/mol. The van der Waals surface area contributed by atoms with Gasteiger partial charge in [0.1, 0.15) is 6.04 Å². The largest absolute Gasteiger partial charge is 0.480 e. The lowest BCUT2D eigenvalue weighted by molar-refractivity contribution is -0.146. The summed E-state index contributed by atoms with van der Waals surface area (Å²) in [7, 11) is 0. The number of hydrogen-bond donors (Lipinski definition) is 2. The van der Waals surface area contributed by atoms with Crippen LogP contribution < -0.4 is 0 Å². The Morgan fingerprint density at radius 3 is 2.67 bits per heavy atom. The third-order valence-corrected chi connectivity index (χ3v) is 3.78. The highest BCUT2D eigenvalue weighted by molar-refractivity contribution is 6.35. The molecule has 1 aromatic carbocycles. The van der Waals surface area contributed by atoms with Crippen molar-refractivity contribution in [2.24, 2.45) is 0 Å². The molecule has 1 amide bonds. The van der Waals surface area contributed by atoms with Crippen molar-refractivity contribution in [2.75, 3.05) is 6.54 Å². The lowest BCUT2D eigenvalue weighted by Gasteiger charge is -2.19. The standard InChI is InChI=1S/C14H13Cl2NO4/c15-9-3-1-8(11(16)5-9)2-4-13(19)17-7-10(18)6-12(17)14(20)21/h1-5,10,12,18H,6-7H2,(H,20,21)/b4-2+/t10?,12-/m0/s1. The van der Waals surface area contributed by atoms with Gasteiger partial charge in [-0.3, -0.25) is 4.79 Å². The first kappa shape index (κ1) is 15.8. The number of nitrogens with zero attached hydrogens (tertiary/aromatic N) is 1. The quantitative estimate of drug-likeness (QED) is 0.832. The number of aliphatic hydroxyl groups is 1. The lowest BCUT2D eigenvalue weighted by atomic mass is 10.2. The summed E-state index contributed by atoms with van der Waals surface area (Å²) in [6.07, 6.45) is 1.95. The Morgan fingerprint density at radius 2 is 2.05 bits per heavy atom. The monoisotopic (exact) mass is 329 g/mol. The van der Waals surface area contributed by atoms with Crippen molar-refractivity contribution in [3.05, 3.63) is 39.9 Å². The van der Waals surface area contributed by atoms with Crippen molar-refractivity contribution in [2.45, 2.75) is 18.6 Å². The highest BCUT2D eigenvalue weighted by atomic mass is 35.5. The Labute approximate surface area is 131 Å². The molecule has 2 N–H and O–H groups in total. The van der Waals surface area contributed by atoms with E-state index < -0.39 is 24.0 Å². The normalized spacial score (nSPS) is 22.0. The summed E-state index contributed by atoms with van der Waals surface area (Å²) >= 11 is 11.8. The summed E-state index contributed by atoms with van der Waals surface area (Å²) in [6.45, 7) is 0.00842. The predicted octanol–water partition coefficient (Wildman–Crippen LogP) is 2.05. The fraction of sp³-hybridized carbons (Fsp3) is 0.286. The topological polar surface area (TPSA) is 77.8 Å². The number of carbonyl (C=O) groups excluding carboxylic acids is 1. The highest BCUT2D eigenvalue weighted by Gasteiger charge is 2.37. The van der Waals surface area contributed by atoms with Crippen molar-refractivity contribution < 1.29 is 19.8 Å². The van der Waals surface area contributed by atoms with Crippen LogP contribution in [0.2, 0.25) is 10.0 Å². The number of likely N-dealkylation sites (tertiary alicyclic amines) is 1. The van der Waals surface area contributed by atoms with Gasteiger partial charge in [0.2, 0.25) is 5.91 Å². The van der Waals surface area contributed by atoms with E-state index in [2.05, 4.69) is 0 Å². The zero-order chi connectivity index (χ0) is 15.6. The van der Waals surface area contributed by atoms with Gasteiger partial charge in [-0.05, 0) is 23.8 Å². The molecule has 0 bridgehead atoms. The van der Waals surface area contributed by atoms with Gasteiger partial charge >= 0.3 is 5.97 Å². The SMILES string of the molecule is O=C(O)[C@@H]1CC(O)CN1C(=O)/C=C/c1ccc(Cl)cc1Cl. The summed E-state index contributed by atoms with van der Waals surface area (Å²) in [5.41, 5.74) is 0.598. The second kappa shape index (κ2) is 6.47. The molecular formula is C14H13Cl2NO4. The molecule has 0 aliphatic carbocycles. The zero-order valence-electron chi connectivity index (χ0n) is 10.9. The predicted molar refractivity (Wildman–Crippen MR) is 79.3 cm³/mol. The van der Waals surface area contributed by atoms with Crippen LogP contribution >= 0.6 is 23.2 Å². The molecule has 112 valence electrons. The van der Waals surface area contributed by atoms with Crippen molar-refractivity contribution in [3.8, 4) is 0 Å². The van der Waals surface area contributed by atoms with Crippen LogP contribution in [0.1, 0.15) is 12.0 Å². The molecule has 1 aromatic rings. The summed E-state index contributed by atoms with van der Waals surface area (Å²) in [5, 5.41) is 19.4. The minimum absolute atomic E-state index is 0.00842. The molecule has 1 saturated heterocycles. The molecule has 0 saturated carbocycles. The van der Waals surface area contributed by atoms with E-state index in [1.165, 1.54) is 12.2 Å². The van der Waals surface area contributed by atoms with Crippen molar-refractivity contribution in [1.82, 2.24) is 4.90 Å². The van der Waals surface area contributed by atoms with E-state index in [1.807, 2.05) is 0 Å². The fourth-order valence-corrected chi connectivity index (χ4v) is 2.66. The first-order valence-corrected chi connectivity index (χ1v) is 6.98. The third-order valence-electron chi connectivity index (χ3n) is 3.22. The molecule has 1 aliphatic rings. The molecule has 2 atom stereocenters. The van der Waals surface area contributed by atoms with Crippen LogP contribution in [-0.2, 0) is 9.59 Å². The van der Waals surface area contributed by atoms with Crippen LogP contribution in [0.15, 0.2) is 24.3 Å². The van der Waals surface area contributed by atoms with Gasteiger partial charge in [0, 0.05) is 29.1 Å². The fourth-order valence-electron chi connectivity index (χ4n) is 2.18. The van der Waals surface area contributed by atoms with Gasteiger partial charge in [-0.1, -0.05) is 29.3 Å². The van der Waals surface area contributed by atoms with E-state index in [9.17, 15) is 14.7 Å². The second-order valence-electron chi connectivity index (χ2n) is 4.73. The minimum Gasteiger partial charge on any atom is -0.480 e. The van der Waals surface area contributed by atoms with E-state index in [1.54, 1.807) is 18.2 Å². The maximum absolute atomic E-state index is 12.1.